The summed E-state index contributed by atoms with van der Waals surface area (Å²) < 4.78 is 0. The average molecular weight is 423 g/mol. The largest absolute Gasteiger partial charge is 0.370 e. The molecule has 2 heterocycles. The fraction of sp³-hybridized carbons (Fsp3) is 0.294. The molecule has 0 bridgehead atoms. The van der Waals surface area contributed by atoms with E-state index < -0.39 is 0 Å². The van der Waals surface area contributed by atoms with Crippen molar-refractivity contribution in [1.82, 2.24) is 4.98 Å². The molecule has 6 heteroatoms. The van der Waals surface area contributed by atoms with E-state index in [0.717, 1.165) is 30.2 Å². The number of pyridine rings is 1. The summed E-state index contributed by atoms with van der Waals surface area (Å²) >= 11 is 0. The van der Waals surface area contributed by atoms with Crippen LogP contribution in [0.2, 0.25) is 0 Å². The zero-order chi connectivity index (χ0) is 15.2. The summed E-state index contributed by atoms with van der Waals surface area (Å²) in [4.78, 5) is 11.2. The Morgan fingerprint density at radius 3 is 2.65 bits per heavy atom. The number of anilines is 2. The Morgan fingerprint density at radius 1 is 1.17 bits per heavy atom. The number of hydrogen-bond acceptors (Lipinski definition) is 3. The molecule has 0 aliphatic carbocycles. The number of rotatable bonds is 4. The second-order valence-corrected chi connectivity index (χ2v) is 5.41. The standard InChI is InChI=1S/C17H21N5.HI/c18-17(21-15-6-2-1-3-7-15)20-13-14-8-9-19-16(12-14)22-10-4-5-11-22;/h1-3,6-9,12H,4-5,10-11,13H2,(H3,18,20,21);1H. The highest BCUT2D eigenvalue weighted by atomic mass is 127. The molecule has 1 aliphatic heterocycles. The zero-order valence-electron chi connectivity index (χ0n) is 13.0. The van der Waals surface area contributed by atoms with Crippen molar-refractivity contribution in [3.05, 3.63) is 54.2 Å². The maximum absolute atomic E-state index is 5.93. The number of benzene rings is 1. The van der Waals surface area contributed by atoms with E-state index >= 15 is 0 Å². The van der Waals surface area contributed by atoms with Crippen LogP contribution in [0, 0.1) is 0 Å². The van der Waals surface area contributed by atoms with E-state index in [1.165, 1.54) is 12.8 Å². The number of nitrogens with one attached hydrogen (secondary N) is 1. The summed E-state index contributed by atoms with van der Waals surface area (Å²) in [5, 5.41) is 3.08. The predicted molar refractivity (Wildman–Crippen MR) is 106 cm³/mol. The van der Waals surface area contributed by atoms with E-state index in [0.29, 0.717) is 12.5 Å². The Kier molecular flexibility index (Phi) is 6.64. The molecule has 1 aromatic carbocycles. The van der Waals surface area contributed by atoms with Gasteiger partial charge in [0.05, 0.1) is 6.54 Å². The smallest absolute Gasteiger partial charge is 0.193 e. The number of aromatic nitrogens is 1. The van der Waals surface area contributed by atoms with E-state index in [-0.39, 0.29) is 24.0 Å². The predicted octanol–water partition coefficient (Wildman–Crippen LogP) is 3.23. The minimum absolute atomic E-state index is 0. The van der Waals surface area contributed by atoms with Gasteiger partial charge in [-0.3, -0.25) is 0 Å². The van der Waals surface area contributed by atoms with Gasteiger partial charge in [-0.1, -0.05) is 18.2 Å². The normalized spacial score (nSPS) is 14.4. The second kappa shape index (κ2) is 8.71. The molecule has 0 amide bonds. The van der Waals surface area contributed by atoms with Crippen molar-refractivity contribution < 1.29 is 0 Å². The lowest BCUT2D eigenvalue weighted by Gasteiger charge is -2.16. The number of hydrogen-bond donors (Lipinski definition) is 2. The fourth-order valence-corrected chi connectivity index (χ4v) is 2.56. The first-order chi connectivity index (χ1) is 10.8. The first-order valence-electron chi connectivity index (χ1n) is 7.63. The molecule has 0 saturated carbocycles. The van der Waals surface area contributed by atoms with Crippen molar-refractivity contribution in [2.24, 2.45) is 10.7 Å². The van der Waals surface area contributed by atoms with Crippen LogP contribution in [0.4, 0.5) is 11.5 Å². The monoisotopic (exact) mass is 423 g/mol. The SMILES string of the molecule is I.NC(=NCc1ccnc(N2CCCC2)c1)Nc1ccccc1. The maximum Gasteiger partial charge on any atom is 0.193 e. The minimum atomic E-state index is 0. The Bertz CT molecular complexity index is 638. The molecule has 5 nitrogen and oxygen atoms in total. The highest BCUT2D eigenvalue weighted by Gasteiger charge is 2.13. The molecular weight excluding hydrogens is 401 g/mol. The van der Waals surface area contributed by atoms with Crippen molar-refractivity contribution >= 4 is 41.4 Å². The number of nitrogens with two attached hydrogens (primary N) is 1. The molecule has 2 aromatic rings. The van der Waals surface area contributed by atoms with Gasteiger partial charge in [0.25, 0.3) is 0 Å². The summed E-state index contributed by atoms with van der Waals surface area (Å²) in [6.45, 7) is 2.74. The van der Waals surface area contributed by atoms with E-state index in [2.05, 4.69) is 26.3 Å². The molecule has 3 rings (SSSR count). The quantitative estimate of drug-likeness (QED) is 0.450. The highest BCUT2D eigenvalue weighted by molar-refractivity contribution is 14.0. The second-order valence-electron chi connectivity index (χ2n) is 5.41. The van der Waals surface area contributed by atoms with Gasteiger partial charge in [-0.05, 0) is 42.7 Å². The molecule has 1 aliphatic rings. The van der Waals surface area contributed by atoms with E-state index in [1.807, 2.05) is 42.6 Å². The van der Waals surface area contributed by atoms with Gasteiger partial charge in [-0.15, -0.1) is 24.0 Å². The van der Waals surface area contributed by atoms with Crippen molar-refractivity contribution in [2.45, 2.75) is 19.4 Å². The molecule has 23 heavy (non-hydrogen) atoms. The van der Waals surface area contributed by atoms with Gasteiger partial charge in [-0.2, -0.15) is 0 Å². The van der Waals surface area contributed by atoms with Crippen LogP contribution in [0.25, 0.3) is 0 Å². The molecule has 0 radical (unpaired) electrons. The van der Waals surface area contributed by atoms with Gasteiger partial charge in [0.1, 0.15) is 5.82 Å². The van der Waals surface area contributed by atoms with E-state index in [4.69, 9.17) is 5.73 Å². The zero-order valence-corrected chi connectivity index (χ0v) is 15.3. The average Bonchev–Trinajstić information content (AvgIpc) is 3.09. The van der Waals surface area contributed by atoms with Crippen molar-refractivity contribution in [2.75, 3.05) is 23.3 Å². The van der Waals surface area contributed by atoms with Crippen molar-refractivity contribution in [1.29, 1.82) is 0 Å². The molecule has 122 valence electrons. The number of halogens is 1. The Labute approximate surface area is 154 Å². The number of nitrogens with zero attached hydrogens (tertiary/aromatic N) is 3. The van der Waals surface area contributed by atoms with E-state index in [9.17, 15) is 0 Å². The third-order valence-electron chi connectivity index (χ3n) is 3.72. The molecule has 1 aromatic heterocycles. The Hall–Kier alpha value is -1.83. The molecule has 0 spiro atoms. The van der Waals surface area contributed by atoms with Crippen LogP contribution >= 0.6 is 24.0 Å². The van der Waals surface area contributed by atoms with Crippen molar-refractivity contribution in [3.8, 4) is 0 Å². The van der Waals surface area contributed by atoms with Crippen LogP contribution in [0.1, 0.15) is 18.4 Å². The summed E-state index contributed by atoms with van der Waals surface area (Å²) in [6, 6.07) is 13.9. The van der Waals surface area contributed by atoms with Crippen LogP contribution in [0.3, 0.4) is 0 Å². The third-order valence-corrected chi connectivity index (χ3v) is 3.72. The summed E-state index contributed by atoms with van der Waals surface area (Å²) in [7, 11) is 0. The molecular formula is C17H22IN5. The van der Waals surface area contributed by atoms with E-state index in [1.54, 1.807) is 0 Å². The number of aliphatic imine (C=N–C) groups is 1. The molecule has 1 saturated heterocycles. The first kappa shape index (κ1) is 17.5. The first-order valence-corrected chi connectivity index (χ1v) is 7.63. The number of guanidine groups is 1. The third kappa shape index (κ3) is 5.09. The summed E-state index contributed by atoms with van der Waals surface area (Å²) in [6.07, 6.45) is 4.34. The molecule has 0 atom stereocenters. The molecule has 1 fully saturated rings. The molecule has 3 N–H and O–H groups in total. The fourth-order valence-electron chi connectivity index (χ4n) is 2.56. The van der Waals surface area contributed by atoms with Crippen LogP contribution in [0.5, 0.6) is 0 Å². The van der Waals surface area contributed by atoms with Gasteiger partial charge in [0.15, 0.2) is 5.96 Å². The van der Waals surface area contributed by atoms with Gasteiger partial charge in [0, 0.05) is 25.0 Å². The lowest BCUT2D eigenvalue weighted by molar-refractivity contribution is 0.928. The lowest BCUT2D eigenvalue weighted by atomic mass is 10.2. The van der Waals surface area contributed by atoms with Crippen LogP contribution in [-0.2, 0) is 6.54 Å². The maximum atomic E-state index is 5.93. The topological polar surface area (TPSA) is 66.5 Å². The molecule has 0 unspecified atom stereocenters. The van der Waals surface area contributed by atoms with Gasteiger partial charge >= 0.3 is 0 Å². The highest BCUT2D eigenvalue weighted by Crippen LogP contribution is 2.18. The van der Waals surface area contributed by atoms with Crippen LogP contribution in [0.15, 0.2) is 53.7 Å². The van der Waals surface area contributed by atoms with Gasteiger partial charge < -0.3 is 16.0 Å². The Morgan fingerprint density at radius 2 is 1.91 bits per heavy atom. The van der Waals surface area contributed by atoms with Crippen LogP contribution < -0.4 is 16.0 Å². The van der Waals surface area contributed by atoms with Gasteiger partial charge in [-0.25, -0.2) is 9.98 Å². The van der Waals surface area contributed by atoms with Crippen LogP contribution in [-0.4, -0.2) is 24.0 Å². The van der Waals surface area contributed by atoms with Crippen molar-refractivity contribution in [3.63, 3.8) is 0 Å². The lowest BCUT2D eigenvalue weighted by Crippen LogP contribution is -2.22. The Balaban J connectivity index is 0.00000192. The van der Waals surface area contributed by atoms with Gasteiger partial charge in [0.2, 0.25) is 0 Å². The minimum Gasteiger partial charge on any atom is -0.370 e. The number of para-hydroxylation sites is 1. The summed E-state index contributed by atoms with van der Waals surface area (Å²) in [5.41, 5.74) is 7.99. The summed E-state index contributed by atoms with van der Waals surface area (Å²) in [5.74, 6) is 1.46.